The largest absolute Gasteiger partial charge is 0.472 e. The molecule has 2 rings (SSSR count). The molecule has 0 aromatic carbocycles. The Labute approximate surface area is 186 Å². The van der Waals surface area contributed by atoms with Gasteiger partial charge in [0.05, 0.1) is 51.5 Å². The molecule has 1 N–H and O–H groups in total. The minimum Gasteiger partial charge on any atom is -0.380 e. The molecule has 7 atom stereocenters. The van der Waals surface area contributed by atoms with E-state index in [4.69, 9.17) is 39.0 Å². The molecule has 4 radical (unpaired) electrons. The van der Waals surface area contributed by atoms with E-state index in [-0.39, 0.29) is 31.8 Å². The molecule has 12 heteroatoms. The molecule has 168 valence electrons. The van der Waals surface area contributed by atoms with Crippen molar-refractivity contribution in [3.8, 4) is 12.1 Å². The van der Waals surface area contributed by atoms with Gasteiger partial charge in [0, 0.05) is 11.9 Å². The zero-order valence-electron chi connectivity index (χ0n) is 18.3. The topological polar surface area (TPSA) is 131 Å². The summed E-state index contributed by atoms with van der Waals surface area (Å²) in [4.78, 5) is 10.4. The highest BCUT2D eigenvalue weighted by atomic mass is 31.2. The van der Waals surface area contributed by atoms with E-state index in [9.17, 15) is 20.0 Å². The monoisotopic (exact) mass is 450 g/mol. The molecule has 0 aromatic rings. The fourth-order valence-corrected chi connectivity index (χ4v) is 4.93. The van der Waals surface area contributed by atoms with Crippen LogP contribution in [0, 0.1) is 34.0 Å². The van der Waals surface area contributed by atoms with Gasteiger partial charge in [-0.1, -0.05) is 0 Å². The third kappa shape index (κ3) is 6.55. The predicted octanol–water partition coefficient (Wildman–Crippen LogP) is 2.00. The van der Waals surface area contributed by atoms with Crippen LogP contribution in [0.25, 0.3) is 0 Å². The van der Waals surface area contributed by atoms with Crippen molar-refractivity contribution >= 4 is 23.5 Å². The number of nitrogens with zero attached hydrogens (tertiary/aromatic N) is 2. The second kappa shape index (κ2) is 10.8. The Balaban J connectivity index is 2.11. The van der Waals surface area contributed by atoms with Crippen LogP contribution < -0.4 is 0 Å². The SMILES string of the molecule is [B][C@@H]1C[C@H](COC(C)C)C(OP(=O)(O)OC[C@H]2O[C@@H]([B])CC2OC(C)C)C1(C#N)C#N. The molecule has 1 saturated heterocycles. The zero-order chi connectivity index (χ0) is 23.4. The Morgan fingerprint density at radius 2 is 1.81 bits per heavy atom. The van der Waals surface area contributed by atoms with Crippen LogP contribution in [0.3, 0.4) is 0 Å². The first kappa shape index (κ1) is 26.4. The van der Waals surface area contributed by atoms with Crippen molar-refractivity contribution in [1.29, 1.82) is 10.5 Å². The lowest BCUT2D eigenvalue weighted by Gasteiger charge is -2.30. The molecule has 3 unspecified atom stereocenters. The number of ether oxygens (including phenoxy) is 3. The maximum Gasteiger partial charge on any atom is 0.472 e. The van der Waals surface area contributed by atoms with Crippen LogP contribution in [0.15, 0.2) is 0 Å². The quantitative estimate of drug-likeness (QED) is 0.392. The van der Waals surface area contributed by atoms with E-state index in [2.05, 4.69) is 0 Å². The average molecular weight is 450 g/mol. The summed E-state index contributed by atoms with van der Waals surface area (Å²) >= 11 is 0. The van der Waals surface area contributed by atoms with Gasteiger partial charge in [-0.25, -0.2) is 4.57 Å². The molecule has 1 aliphatic heterocycles. The molecular formula is C19H29B2N2O7P. The lowest BCUT2D eigenvalue weighted by molar-refractivity contribution is -0.0618. The molecule has 0 bridgehead atoms. The zero-order valence-corrected chi connectivity index (χ0v) is 19.2. The normalized spacial score (nSPS) is 34.5. The summed E-state index contributed by atoms with van der Waals surface area (Å²) in [5, 5.41) is 19.3. The van der Waals surface area contributed by atoms with Gasteiger partial charge in [-0.2, -0.15) is 10.5 Å². The molecule has 0 aromatic heterocycles. The molecular weight excluding hydrogens is 421 g/mol. The number of phosphoric ester groups is 1. The second-order valence-corrected chi connectivity index (χ2v) is 9.95. The Morgan fingerprint density at radius 1 is 1.16 bits per heavy atom. The highest BCUT2D eigenvalue weighted by Crippen LogP contribution is 2.57. The summed E-state index contributed by atoms with van der Waals surface area (Å²) in [6, 6.07) is 3.19. The number of nitriles is 2. The van der Waals surface area contributed by atoms with Crippen molar-refractivity contribution in [1.82, 2.24) is 0 Å². The van der Waals surface area contributed by atoms with Gasteiger partial charge in [-0.3, -0.25) is 9.05 Å². The Bertz CT molecular complexity index is 728. The lowest BCUT2D eigenvalue weighted by atomic mass is 9.68. The second-order valence-electron chi connectivity index (χ2n) is 8.54. The summed E-state index contributed by atoms with van der Waals surface area (Å²) in [5.74, 6) is -1.40. The molecule has 9 nitrogen and oxygen atoms in total. The minimum atomic E-state index is -4.68. The van der Waals surface area contributed by atoms with Crippen molar-refractivity contribution in [3.63, 3.8) is 0 Å². The van der Waals surface area contributed by atoms with E-state index in [1.54, 1.807) is 0 Å². The summed E-state index contributed by atoms with van der Waals surface area (Å²) in [6.07, 6.45) is -1.89. The summed E-state index contributed by atoms with van der Waals surface area (Å²) < 4.78 is 40.1. The number of hydrogen-bond acceptors (Lipinski definition) is 8. The van der Waals surface area contributed by atoms with Crippen LogP contribution in [0.2, 0.25) is 5.82 Å². The molecule has 1 saturated carbocycles. The molecule has 0 spiro atoms. The third-order valence-corrected chi connectivity index (χ3v) is 6.33. The van der Waals surface area contributed by atoms with Crippen LogP contribution in [-0.4, -0.2) is 70.3 Å². The first-order chi connectivity index (χ1) is 14.4. The van der Waals surface area contributed by atoms with E-state index < -0.39 is 49.3 Å². The van der Waals surface area contributed by atoms with Crippen molar-refractivity contribution in [2.45, 2.75) is 82.9 Å². The molecule has 1 heterocycles. The first-order valence-electron chi connectivity index (χ1n) is 10.4. The van der Waals surface area contributed by atoms with Gasteiger partial charge in [0.2, 0.25) is 0 Å². The van der Waals surface area contributed by atoms with Gasteiger partial charge >= 0.3 is 7.82 Å². The summed E-state index contributed by atoms with van der Waals surface area (Å²) in [7, 11) is 7.17. The van der Waals surface area contributed by atoms with Crippen molar-refractivity contribution in [2.24, 2.45) is 11.3 Å². The van der Waals surface area contributed by atoms with Gasteiger partial charge in [0.1, 0.15) is 20.1 Å². The van der Waals surface area contributed by atoms with E-state index in [0.29, 0.717) is 6.42 Å². The first-order valence-corrected chi connectivity index (χ1v) is 11.9. The predicted molar refractivity (Wildman–Crippen MR) is 112 cm³/mol. The van der Waals surface area contributed by atoms with E-state index in [0.717, 1.165) is 0 Å². The fraction of sp³-hybridized carbons (Fsp3) is 0.895. The Morgan fingerprint density at radius 3 is 2.35 bits per heavy atom. The Kier molecular flexibility index (Phi) is 9.19. The van der Waals surface area contributed by atoms with Crippen LogP contribution in [0.1, 0.15) is 40.5 Å². The van der Waals surface area contributed by atoms with Crippen LogP contribution in [-0.2, 0) is 27.8 Å². The molecule has 2 aliphatic rings. The van der Waals surface area contributed by atoms with Crippen molar-refractivity contribution < 1.29 is 32.7 Å². The van der Waals surface area contributed by atoms with Gasteiger partial charge in [-0.15, -0.1) is 0 Å². The van der Waals surface area contributed by atoms with Crippen molar-refractivity contribution in [2.75, 3.05) is 13.2 Å². The smallest absolute Gasteiger partial charge is 0.380 e. The van der Waals surface area contributed by atoms with Crippen LogP contribution >= 0.6 is 7.82 Å². The van der Waals surface area contributed by atoms with Gasteiger partial charge in [0.15, 0.2) is 5.41 Å². The third-order valence-electron chi connectivity index (χ3n) is 5.36. The van der Waals surface area contributed by atoms with Crippen molar-refractivity contribution in [3.05, 3.63) is 0 Å². The molecule has 1 aliphatic carbocycles. The van der Waals surface area contributed by atoms with E-state index in [1.807, 2.05) is 39.8 Å². The molecule has 2 fully saturated rings. The minimum absolute atomic E-state index is 0.0906. The number of rotatable bonds is 10. The highest BCUT2D eigenvalue weighted by molar-refractivity contribution is 7.47. The van der Waals surface area contributed by atoms with E-state index >= 15 is 0 Å². The summed E-state index contributed by atoms with van der Waals surface area (Å²) in [6.45, 7) is 7.17. The molecule has 31 heavy (non-hydrogen) atoms. The van der Waals surface area contributed by atoms with Crippen LogP contribution in [0.4, 0.5) is 0 Å². The standard InChI is InChI=1S/C19H29B2N2O7P/c1-11(2)26-7-13-5-16(20)19(9-22,10-23)18(13)30-31(24,25)27-8-15-14(28-12(3)4)6-17(21)29-15/h11-18H,5-8H2,1-4H3,(H,24,25)/t13-,14?,15-,16-,17-,18?/m1/s1. The van der Waals surface area contributed by atoms with Gasteiger partial charge in [-0.05, 0) is 46.4 Å². The van der Waals surface area contributed by atoms with Crippen LogP contribution in [0.5, 0.6) is 0 Å². The average Bonchev–Trinajstić information content (AvgIpc) is 3.14. The van der Waals surface area contributed by atoms with Gasteiger partial charge in [0.25, 0.3) is 0 Å². The highest BCUT2D eigenvalue weighted by Gasteiger charge is 2.57. The summed E-state index contributed by atoms with van der Waals surface area (Å²) in [5.41, 5.74) is -1.80. The number of hydrogen-bond donors (Lipinski definition) is 1. The van der Waals surface area contributed by atoms with Gasteiger partial charge < -0.3 is 19.1 Å². The van der Waals surface area contributed by atoms with E-state index in [1.165, 1.54) is 0 Å². The molecule has 0 amide bonds. The lowest BCUT2D eigenvalue weighted by Crippen LogP contribution is -2.37. The maximum absolute atomic E-state index is 12.7. The maximum atomic E-state index is 12.7. The fourth-order valence-electron chi connectivity index (χ4n) is 3.91. The Hall–Kier alpha value is -0.900. The number of phosphoric acid groups is 1.